The van der Waals surface area contributed by atoms with Crippen molar-refractivity contribution in [3.8, 4) is 11.3 Å². The van der Waals surface area contributed by atoms with E-state index in [0.29, 0.717) is 29.2 Å². The number of carbonyl (C=O) groups excluding carboxylic acids is 1. The first-order chi connectivity index (χ1) is 18.0. The second-order valence-corrected chi connectivity index (χ2v) is 11.1. The largest absolute Gasteiger partial charge is 0.427 e. The fraction of sp³-hybridized carbons (Fsp3) is 0.556. The van der Waals surface area contributed by atoms with Gasteiger partial charge in [-0.3, -0.25) is 10.3 Å². The van der Waals surface area contributed by atoms with Crippen LogP contribution in [0.25, 0.3) is 22.3 Å². The molecule has 196 valence electrons. The fourth-order valence-corrected chi connectivity index (χ4v) is 5.85. The number of rotatable bonds is 8. The van der Waals surface area contributed by atoms with Gasteiger partial charge in [0.2, 0.25) is 0 Å². The zero-order valence-electron chi connectivity index (χ0n) is 21.2. The number of hydrogen-bond donors (Lipinski definition) is 2. The van der Waals surface area contributed by atoms with E-state index in [4.69, 9.17) is 31.1 Å². The molecule has 2 N–H and O–H groups in total. The predicted octanol–water partition coefficient (Wildman–Crippen LogP) is 5.70. The monoisotopic (exact) mass is 524 g/mol. The minimum absolute atomic E-state index is 0.0543. The van der Waals surface area contributed by atoms with Gasteiger partial charge in [-0.25, -0.2) is 14.8 Å². The van der Waals surface area contributed by atoms with Crippen LogP contribution in [0.15, 0.2) is 24.5 Å². The van der Waals surface area contributed by atoms with Crippen LogP contribution in [0.1, 0.15) is 76.2 Å². The smallest absolute Gasteiger partial charge is 0.370 e. The lowest BCUT2D eigenvalue weighted by atomic mass is 9.83. The normalized spacial score (nSPS) is 24.7. The number of ether oxygens (including phenoxy) is 1. The molecular formula is C27H33ClN6O3. The minimum Gasteiger partial charge on any atom is -0.370 e. The highest BCUT2D eigenvalue weighted by atomic mass is 35.5. The molecule has 1 amide bonds. The number of nitrogens with one attached hydrogen (secondary N) is 2. The Labute approximate surface area is 221 Å². The quantitative estimate of drug-likeness (QED) is 0.389. The predicted molar refractivity (Wildman–Crippen MR) is 139 cm³/mol. The number of carbonyl (C=O) groups is 1. The van der Waals surface area contributed by atoms with Crippen molar-refractivity contribution in [1.29, 1.82) is 0 Å². The molecule has 3 aliphatic rings. The van der Waals surface area contributed by atoms with Crippen LogP contribution in [0.4, 0.5) is 4.79 Å². The topological polar surface area (TPSA) is 103 Å². The van der Waals surface area contributed by atoms with Crippen LogP contribution < -0.4 is 10.8 Å². The molecule has 3 aromatic rings. The Morgan fingerprint density at radius 2 is 1.97 bits per heavy atom. The van der Waals surface area contributed by atoms with Crippen molar-refractivity contribution in [1.82, 2.24) is 30.3 Å². The van der Waals surface area contributed by atoms with E-state index in [0.717, 1.165) is 53.4 Å². The molecule has 6 rings (SSSR count). The van der Waals surface area contributed by atoms with Gasteiger partial charge < -0.3 is 14.1 Å². The molecule has 1 saturated heterocycles. The average molecular weight is 525 g/mol. The molecule has 2 saturated carbocycles. The first-order valence-corrected chi connectivity index (χ1v) is 13.7. The Balaban J connectivity index is 1.54. The first-order valence-electron chi connectivity index (χ1n) is 13.4. The highest BCUT2D eigenvalue weighted by molar-refractivity contribution is 6.30. The van der Waals surface area contributed by atoms with E-state index in [-0.39, 0.29) is 6.10 Å². The van der Waals surface area contributed by atoms with Gasteiger partial charge in [0, 0.05) is 31.1 Å². The summed E-state index contributed by atoms with van der Waals surface area (Å²) >= 11 is 6.37. The highest BCUT2D eigenvalue weighted by Gasteiger charge is 2.38. The zero-order valence-corrected chi connectivity index (χ0v) is 22.0. The van der Waals surface area contributed by atoms with Gasteiger partial charge in [-0.1, -0.05) is 31.4 Å². The van der Waals surface area contributed by atoms with Crippen LogP contribution in [0.2, 0.25) is 5.02 Å². The molecule has 3 aromatic heterocycles. The lowest BCUT2D eigenvalue weighted by Gasteiger charge is -2.28. The Hall–Kier alpha value is -2.75. The number of aromatic nitrogens is 4. The summed E-state index contributed by atoms with van der Waals surface area (Å²) in [6.07, 6.45) is 9.44. The Morgan fingerprint density at radius 3 is 2.65 bits per heavy atom. The number of halogens is 1. The zero-order chi connectivity index (χ0) is 25.5. The number of nitrogens with zero attached hydrogens (tertiary/aromatic N) is 4. The molecule has 2 atom stereocenters. The molecular weight excluding hydrogens is 492 g/mol. The number of imidazole rings is 1. The molecule has 10 heteroatoms. The van der Waals surface area contributed by atoms with Crippen LogP contribution >= 0.6 is 11.6 Å². The fourth-order valence-electron chi connectivity index (χ4n) is 5.68. The molecule has 0 bridgehead atoms. The summed E-state index contributed by atoms with van der Waals surface area (Å²) < 4.78 is 8.67. The number of amides is 1. The molecule has 0 radical (unpaired) electrons. The summed E-state index contributed by atoms with van der Waals surface area (Å²) in [7, 11) is 0. The minimum atomic E-state index is -0.581. The van der Waals surface area contributed by atoms with Crippen LogP contribution in [0.5, 0.6) is 0 Å². The number of pyridine rings is 2. The van der Waals surface area contributed by atoms with Gasteiger partial charge in [-0.05, 0) is 62.5 Å². The molecule has 1 aliphatic heterocycles. The van der Waals surface area contributed by atoms with Crippen molar-refractivity contribution >= 4 is 28.7 Å². The number of hydrogen-bond acceptors (Lipinski definition) is 7. The second kappa shape index (κ2) is 10.2. The highest BCUT2D eigenvalue weighted by Crippen LogP contribution is 2.45. The van der Waals surface area contributed by atoms with E-state index >= 15 is 0 Å². The van der Waals surface area contributed by atoms with E-state index in [1.807, 2.05) is 19.1 Å². The lowest BCUT2D eigenvalue weighted by molar-refractivity contribution is 0.0370. The Kier molecular flexibility index (Phi) is 6.77. The summed E-state index contributed by atoms with van der Waals surface area (Å²) in [4.78, 5) is 31.2. The van der Waals surface area contributed by atoms with Gasteiger partial charge in [0.05, 0.1) is 27.4 Å². The van der Waals surface area contributed by atoms with Gasteiger partial charge in [0.15, 0.2) is 6.17 Å². The van der Waals surface area contributed by atoms with Crippen LogP contribution in [-0.2, 0) is 16.1 Å². The van der Waals surface area contributed by atoms with E-state index in [1.54, 1.807) is 12.4 Å². The maximum atomic E-state index is 11.7. The Morgan fingerprint density at radius 1 is 1.16 bits per heavy atom. The van der Waals surface area contributed by atoms with Crippen LogP contribution in [-0.4, -0.2) is 32.2 Å². The third-order valence-electron chi connectivity index (χ3n) is 7.81. The molecule has 4 heterocycles. The summed E-state index contributed by atoms with van der Waals surface area (Å²) in [6.45, 7) is 5.90. The summed E-state index contributed by atoms with van der Waals surface area (Å²) in [6, 6.07) is 3.81. The van der Waals surface area contributed by atoms with E-state index in [1.165, 1.54) is 25.7 Å². The van der Waals surface area contributed by atoms with Crippen molar-refractivity contribution in [2.75, 3.05) is 6.61 Å². The maximum Gasteiger partial charge on any atom is 0.427 e. The third kappa shape index (κ3) is 5.04. The van der Waals surface area contributed by atoms with E-state index < -0.39 is 12.3 Å². The summed E-state index contributed by atoms with van der Waals surface area (Å²) in [5.74, 6) is 2.80. The molecule has 9 nitrogen and oxygen atoms in total. The van der Waals surface area contributed by atoms with Gasteiger partial charge in [-0.2, -0.15) is 0 Å². The molecule has 0 spiro atoms. The van der Waals surface area contributed by atoms with Crippen molar-refractivity contribution in [3.05, 3.63) is 41.1 Å². The second-order valence-electron chi connectivity index (χ2n) is 10.7. The van der Waals surface area contributed by atoms with E-state index in [2.05, 4.69) is 27.3 Å². The summed E-state index contributed by atoms with van der Waals surface area (Å²) in [5, 5.41) is 3.29. The molecule has 2 unspecified atom stereocenters. The maximum absolute atomic E-state index is 11.7. The third-order valence-corrected chi connectivity index (χ3v) is 8.01. The van der Waals surface area contributed by atoms with Crippen molar-refractivity contribution < 1.29 is 14.4 Å². The molecule has 37 heavy (non-hydrogen) atoms. The van der Waals surface area contributed by atoms with Gasteiger partial charge in [-0.15, -0.1) is 5.48 Å². The first kappa shape index (κ1) is 24.6. The number of hydroxylamine groups is 1. The Bertz CT molecular complexity index is 1300. The SMILES string of the molecule is CCOC(c1nc2cc(C3NOC(=O)N3)nc(-c3cncc(Cl)c3)c2n1CC1CCC(C)CC1)C1CC1. The number of fused-ring (bicyclic) bond motifs is 1. The van der Waals surface area contributed by atoms with Crippen molar-refractivity contribution in [2.45, 2.75) is 71.2 Å². The van der Waals surface area contributed by atoms with Gasteiger partial charge >= 0.3 is 6.09 Å². The van der Waals surface area contributed by atoms with Crippen molar-refractivity contribution in [3.63, 3.8) is 0 Å². The summed E-state index contributed by atoms with van der Waals surface area (Å²) in [5.41, 5.74) is 6.63. The van der Waals surface area contributed by atoms with Gasteiger partial charge in [0.25, 0.3) is 0 Å². The lowest BCUT2D eigenvalue weighted by Crippen LogP contribution is -2.24. The molecule has 2 aliphatic carbocycles. The van der Waals surface area contributed by atoms with Crippen molar-refractivity contribution in [2.24, 2.45) is 17.8 Å². The van der Waals surface area contributed by atoms with Crippen LogP contribution in [0.3, 0.4) is 0 Å². The standard InChI is InChI=1S/C27H33ClN6O3/c1-3-36-24(17-8-9-17)26-31-20-11-21(25-32-27(35)37-33-25)30-22(18-10-19(28)13-29-12-18)23(20)34(26)14-16-6-4-15(2)5-7-16/h10-13,15-17,24-25,33H,3-9,14H2,1-2H3,(H,32,35). The van der Waals surface area contributed by atoms with Gasteiger partial charge in [0.1, 0.15) is 11.9 Å². The molecule has 0 aromatic carbocycles. The molecule has 3 fully saturated rings. The van der Waals surface area contributed by atoms with E-state index in [9.17, 15) is 4.79 Å². The van der Waals surface area contributed by atoms with Crippen LogP contribution in [0, 0.1) is 17.8 Å². The average Bonchev–Trinajstić information content (AvgIpc) is 3.54.